The molecule has 0 aromatic heterocycles. The van der Waals surface area contributed by atoms with Crippen LogP contribution in [0.1, 0.15) is 39.5 Å². The average Bonchev–Trinajstić information content (AvgIpc) is 2.41. The van der Waals surface area contributed by atoms with E-state index in [0.29, 0.717) is 5.69 Å². The number of phenolic OH excluding ortho intramolecular Hbond substituents is 1. The van der Waals surface area contributed by atoms with Crippen LogP contribution < -0.4 is 5.73 Å². The number of carboxylic acids is 1. The van der Waals surface area contributed by atoms with Gasteiger partial charge >= 0.3 is 16.4 Å². The van der Waals surface area contributed by atoms with Crippen molar-refractivity contribution >= 4 is 22.1 Å². The third-order valence-electron chi connectivity index (χ3n) is 2.68. The molecular formula is C14H25NO7S. The van der Waals surface area contributed by atoms with Crippen molar-refractivity contribution in [2.75, 3.05) is 5.73 Å². The minimum absolute atomic E-state index is 0.111. The summed E-state index contributed by atoms with van der Waals surface area (Å²) in [5, 5.41) is 17.4. The smallest absolute Gasteiger partial charge is 0.394 e. The molecule has 1 aromatic rings. The van der Waals surface area contributed by atoms with Crippen LogP contribution in [0, 0.1) is 5.92 Å². The zero-order chi connectivity index (χ0) is 18.5. The molecule has 8 nitrogen and oxygen atoms in total. The molecule has 0 saturated heterocycles. The lowest BCUT2D eigenvalue weighted by Gasteiger charge is -2.06. The molecule has 6 N–H and O–H groups in total. The largest absolute Gasteiger partial charge is 0.506 e. The number of rotatable bonds is 5. The molecule has 0 spiro atoms. The molecule has 0 amide bonds. The van der Waals surface area contributed by atoms with Crippen molar-refractivity contribution < 1.29 is 32.5 Å². The Morgan fingerprint density at radius 2 is 1.70 bits per heavy atom. The second-order valence-corrected chi connectivity index (χ2v) is 5.49. The monoisotopic (exact) mass is 351 g/mol. The van der Waals surface area contributed by atoms with Gasteiger partial charge in [-0.2, -0.15) is 8.42 Å². The van der Waals surface area contributed by atoms with Gasteiger partial charge in [-0.25, -0.2) is 0 Å². The molecule has 0 radical (unpaired) electrons. The van der Waals surface area contributed by atoms with E-state index >= 15 is 0 Å². The molecular weight excluding hydrogens is 326 g/mol. The maximum Gasteiger partial charge on any atom is 0.394 e. The van der Waals surface area contributed by atoms with Crippen LogP contribution in [0.2, 0.25) is 0 Å². The number of aromatic hydroxyl groups is 1. The van der Waals surface area contributed by atoms with Crippen molar-refractivity contribution in [3.63, 3.8) is 0 Å². The van der Waals surface area contributed by atoms with Crippen molar-refractivity contribution in [3.05, 3.63) is 24.3 Å². The number of nitrogens with two attached hydrogens (primary N) is 1. The van der Waals surface area contributed by atoms with Crippen LogP contribution in [-0.4, -0.2) is 33.7 Å². The molecule has 1 rings (SSSR count). The van der Waals surface area contributed by atoms with E-state index in [2.05, 4.69) is 6.92 Å². The number of unbranched alkanes of at least 4 members (excludes halogenated alkanes) is 1. The van der Waals surface area contributed by atoms with E-state index in [1.54, 1.807) is 24.3 Å². The zero-order valence-corrected chi connectivity index (χ0v) is 14.0. The normalized spacial score (nSPS) is 11.3. The minimum Gasteiger partial charge on any atom is -0.506 e. The van der Waals surface area contributed by atoms with Crippen molar-refractivity contribution in [3.8, 4) is 5.75 Å². The van der Waals surface area contributed by atoms with Gasteiger partial charge in [0.2, 0.25) is 0 Å². The summed E-state index contributed by atoms with van der Waals surface area (Å²) in [6.07, 6.45) is 3.71. The van der Waals surface area contributed by atoms with Gasteiger partial charge < -0.3 is 15.9 Å². The number of hydrogen-bond acceptors (Lipinski definition) is 5. The Balaban J connectivity index is 0. The third kappa shape index (κ3) is 18.1. The van der Waals surface area contributed by atoms with Gasteiger partial charge in [-0.3, -0.25) is 13.9 Å². The number of phenols is 1. The molecule has 1 atom stereocenters. The molecule has 134 valence electrons. The molecule has 0 bridgehead atoms. The molecule has 1 unspecified atom stereocenters. The highest BCUT2D eigenvalue weighted by Gasteiger charge is 2.12. The Morgan fingerprint density at radius 1 is 1.22 bits per heavy atom. The number of anilines is 1. The van der Waals surface area contributed by atoms with Crippen molar-refractivity contribution in [1.29, 1.82) is 0 Å². The highest BCUT2D eigenvalue weighted by Crippen LogP contribution is 2.16. The van der Waals surface area contributed by atoms with Gasteiger partial charge in [0.25, 0.3) is 0 Å². The molecule has 0 aliphatic carbocycles. The summed E-state index contributed by atoms with van der Waals surface area (Å²) in [7, 11) is -4.67. The van der Waals surface area contributed by atoms with E-state index in [1.807, 2.05) is 6.92 Å². The molecule has 23 heavy (non-hydrogen) atoms. The predicted octanol–water partition coefficient (Wildman–Crippen LogP) is 2.61. The van der Waals surface area contributed by atoms with Gasteiger partial charge in [-0.15, -0.1) is 0 Å². The Kier molecular flexibility index (Phi) is 12.9. The number of para-hydroxylation sites is 2. The van der Waals surface area contributed by atoms with Gasteiger partial charge in [-0.1, -0.05) is 38.8 Å². The van der Waals surface area contributed by atoms with Gasteiger partial charge in [-0.05, 0) is 25.0 Å². The molecule has 1 aromatic carbocycles. The van der Waals surface area contributed by atoms with Gasteiger partial charge in [0.15, 0.2) is 0 Å². The first-order valence-corrected chi connectivity index (χ1v) is 8.38. The van der Waals surface area contributed by atoms with E-state index in [1.165, 1.54) is 0 Å². The van der Waals surface area contributed by atoms with Gasteiger partial charge in [0, 0.05) is 0 Å². The van der Waals surface area contributed by atoms with Crippen LogP contribution in [0.15, 0.2) is 24.3 Å². The van der Waals surface area contributed by atoms with Crippen LogP contribution in [0.3, 0.4) is 0 Å². The number of benzene rings is 1. The summed E-state index contributed by atoms with van der Waals surface area (Å²) in [4.78, 5) is 10.4. The second-order valence-electron chi connectivity index (χ2n) is 4.59. The zero-order valence-electron chi connectivity index (χ0n) is 13.2. The first-order chi connectivity index (χ1) is 10.5. The maximum absolute atomic E-state index is 10.4. The highest BCUT2D eigenvalue weighted by atomic mass is 32.3. The summed E-state index contributed by atoms with van der Waals surface area (Å²) in [5.74, 6) is -0.608. The Morgan fingerprint density at radius 3 is 1.96 bits per heavy atom. The maximum atomic E-state index is 10.4. The van der Waals surface area contributed by atoms with Crippen LogP contribution in [0.5, 0.6) is 5.75 Å². The summed E-state index contributed by atoms with van der Waals surface area (Å²) in [5.41, 5.74) is 5.69. The molecule has 0 aliphatic heterocycles. The lowest BCUT2D eigenvalue weighted by atomic mass is 10.00. The number of hydrogen-bond donors (Lipinski definition) is 5. The fourth-order valence-corrected chi connectivity index (χ4v) is 1.44. The quantitative estimate of drug-likeness (QED) is 0.307. The van der Waals surface area contributed by atoms with Crippen LogP contribution in [-0.2, 0) is 15.2 Å². The van der Waals surface area contributed by atoms with E-state index in [9.17, 15) is 4.79 Å². The molecule has 9 heteroatoms. The Labute approximate surface area is 136 Å². The van der Waals surface area contributed by atoms with Crippen molar-refractivity contribution in [2.24, 2.45) is 5.92 Å². The number of nitrogen functional groups attached to an aromatic ring is 1. The first-order valence-electron chi connectivity index (χ1n) is 6.99. The third-order valence-corrected chi connectivity index (χ3v) is 2.68. The molecule has 0 saturated carbocycles. The summed E-state index contributed by atoms with van der Waals surface area (Å²) < 4.78 is 31.6. The number of aliphatic carboxylic acids is 1. The predicted molar refractivity (Wildman–Crippen MR) is 87.6 cm³/mol. The number of carbonyl (C=O) groups is 1. The molecule has 0 fully saturated rings. The lowest BCUT2D eigenvalue weighted by Crippen LogP contribution is -2.11. The standard InChI is InChI=1S/C8H16O2.C6H7NO.H2O4S/c1-3-5-6-7(4-2)8(9)10;7-5-3-1-2-4-6(5)8;1-5(2,3)4/h7H,3-6H2,1-2H3,(H,9,10);1-4,8H,7H2;(H2,1,2,3,4). The van der Waals surface area contributed by atoms with Gasteiger partial charge in [0.1, 0.15) is 5.75 Å². The average molecular weight is 351 g/mol. The first kappa shape index (κ1) is 23.4. The van der Waals surface area contributed by atoms with E-state index in [-0.39, 0.29) is 11.7 Å². The summed E-state index contributed by atoms with van der Waals surface area (Å²) in [6, 6.07) is 6.70. The van der Waals surface area contributed by atoms with E-state index < -0.39 is 16.4 Å². The highest BCUT2D eigenvalue weighted by molar-refractivity contribution is 7.79. The van der Waals surface area contributed by atoms with Crippen molar-refractivity contribution in [1.82, 2.24) is 0 Å². The van der Waals surface area contributed by atoms with Crippen LogP contribution >= 0.6 is 0 Å². The summed E-state index contributed by atoms with van der Waals surface area (Å²) >= 11 is 0. The molecule has 0 aliphatic rings. The minimum atomic E-state index is -4.67. The number of carboxylic acid groups (broad SMARTS) is 1. The van der Waals surface area contributed by atoms with Crippen LogP contribution in [0.4, 0.5) is 5.69 Å². The fraction of sp³-hybridized carbons (Fsp3) is 0.500. The summed E-state index contributed by atoms with van der Waals surface area (Å²) in [6.45, 7) is 4.00. The SMILES string of the molecule is CCCCC(CC)C(=O)O.Nc1ccccc1O.O=S(=O)(O)O. The molecule has 0 heterocycles. The van der Waals surface area contributed by atoms with Gasteiger partial charge in [0.05, 0.1) is 11.6 Å². The van der Waals surface area contributed by atoms with E-state index in [0.717, 1.165) is 25.7 Å². The Hall–Kier alpha value is -1.84. The lowest BCUT2D eigenvalue weighted by molar-refractivity contribution is -0.142. The van der Waals surface area contributed by atoms with E-state index in [4.69, 9.17) is 33.5 Å². The second kappa shape index (κ2) is 12.7. The topological polar surface area (TPSA) is 158 Å². The van der Waals surface area contributed by atoms with Crippen LogP contribution in [0.25, 0.3) is 0 Å². The Bertz CT molecular complexity index is 517. The fourth-order valence-electron chi connectivity index (χ4n) is 1.44. The van der Waals surface area contributed by atoms with Crippen molar-refractivity contribution in [2.45, 2.75) is 39.5 Å².